The van der Waals surface area contributed by atoms with Gasteiger partial charge >= 0.3 is 0 Å². The summed E-state index contributed by atoms with van der Waals surface area (Å²) in [5.74, 6) is 0.936. The lowest BCUT2D eigenvalue weighted by Crippen LogP contribution is -2.30. The van der Waals surface area contributed by atoms with Crippen LogP contribution in [0.25, 0.3) is 0 Å². The minimum absolute atomic E-state index is 0.0279. The fourth-order valence-electron chi connectivity index (χ4n) is 2.65. The highest BCUT2D eigenvalue weighted by Gasteiger charge is 2.27. The number of aliphatic hydroxyl groups excluding tert-OH is 1. The van der Waals surface area contributed by atoms with Gasteiger partial charge in [-0.05, 0) is 30.9 Å². The van der Waals surface area contributed by atoms with E-state index in [0.29, 0.717) is 23.4 Å². The number of nitrogens with one attached hydrogen (secondary N) is 2. The van der Waals surface area contributed by atoms with Gasteiger partial charge in [-0.15, -0.1) is 0 Å². The van der Waals surface area contributed by atoms with Crippen molar-refractivity contribution in [2.75, 3.05) is 17.2 Å². The molecule has 7 heteroatoms. The minimum Gasteiger partial charge on any atom is -0.394 e. The Hall–Kier alpha value is -2.72. The molecule has 0 aliphatic heterocycles. The molecule has 0 amide bonds. The molecular formula is C19H22FN5O. The van der Waals surface area contributed by atoms with Gasteiger partial charge in [0.15, 0.2) is 0 Å². The zero-order chi connectivity index (χ0) is 18.7. The van der Waals surface area contributed by atoms with Crippen LogP contribution in [0, 0.1) is 23.1 Å². The Balaban J connectivity index is 1.92. The van der Waals surface area contributed by atoms with E-state index in [-0.39, 0.29) is 24.1 Å². The van der Waals surface area contributed by atoms with E-state index in [1.807, 2.05) is 26.0 Å². The number of halogens is 1. The molecule has 0 unspecified atom stereocenters. The van der Waals surface area contributed by atoms with Crippen LogP contribution < -0.4 is 10.6 Å². The Bertz CT molecular complexity index is 829. The molecule has 0 saturated heterocycles. The summed E-state index contributed by atoms with van der Waals surface area (Å²) in [6.45, 7) is 3.98. The summed E-state index contributed by atoms with van der Waals surface area (Å²) in [7, 11) is 0. The summed E-state index contributed by atoms with van der Waals surface area (Å²) >= 11 is 0. The van der Waals surface area contributed by atoms with Crippen molar-refractivity contribution in [2.24, 2.45) is 5.92 Å². The molecule has 2 aromatic rings. The molecule has 6 nitrogen and oxygen atoms in total. The van der Waals surface area contributed by atoms with E-state index < -0.39 is 5.82 Å². The van der Waals surface area contributed by atoms with E-state index in [0.717, 1.165) is 18.5 Å². The van der Waals surface area contributed by atoms with Crippen LogP contribution >= 0.6 is 0 Å². The Labute approximate surface area is 152 Å². The first-order valence-corrected chi connectivity index (χ1v) is 8.73. The highest BCUT2D eigenvalue weighted by atomic mass is 19.1. The molecule has 1 aromatic heterocycles. The molecule has 1 aromatic carbocycles. The van der Waals surface area contributed by atoms with Gasteiger partial charge in [0.05, 0.1) is 24.0 Å². The second kappa shape index (κ2) is 7.67. The predicted molar refractivity (Wildman–Crippen MR) is 97.7 cm³/mol. The van der Waals surface area contributed by atoms with E-state index in [2.05, 4.69) is 20.6 Å². The third-order valence-electron chi connectivity index (χ3n) is 4.45. The first-order valence-electron chi connectivity index (χ1n) is 8.73. The molecule has 1 fully saturated rings. The van der Waals surface area contributed by atoms with Crippen molar-refractivity contribution in [2.45, 2.75) is 38.6 Å². The van der Waals surface area contributed by atoms with Crippen molar-refractivity contribution in [1.82, 2.24) is 9.97 Å². The van der Waals surface area contributed by atoms with Crippen LogP contribution in [-0.4, -0.2) is 27.7 Å². The van der Waals surface area contributed by atoms with E-state index in [1.165, 1.54) is 6.07 Å². The largest absolute Gasteiger partial charge is 0.394 e. The average molecular weight is 355 g/mol. The van der Waals surface area contributed by atoms with Crippen molar-refractivity contribution in [1.29, 1.82) is 5.26 Å². The fraction of sp³-hybridized carbons (Fsp3) is 0.421. The van der Waals surface area contributed by atoms with Gasteiger partial charge in [-0.3, -0.25) is 0 Å². The zero-order valence-electron chi connectivity index (χ0n) is 14.8. The molecule has 1 saturated carbocycles. The van der Waals surface area contributed by atoms with E-state index in [1.54, 1.807) is 12.1 Å². The van der Waals surface area contributed by atoms with E-state index >= 15 is 0 Å². The molecule has 1 heterocycles. The monoisotopic (exact) mass is 355 g/mol. The van der Waals surface area contributed by atoms with Crippen molar-refractivity contribution in [3.8, 4) is 6.07 Å². The summed E-state index contributed by atoms with van der Waals surface area (Å²) in [4.78, 5) is 8.99. The van der Waals surface area contributed by atoms with E-state index in [9.17, 15) is 14.8 Å². The molecule has 0 spiro atoms. The van der Waals surface area contributed by atoms with Crippen molar-refractivity contribution in [3.63, 3.8) is 0 Å². The number of hydrogen-bond acceptors (Lipinski definition) is 6. The maximum atomic E-state index is 13.8. The van der Waals surface area contributed by atoms with Crippen LogP contribution in [-0.2, 0) is 0 Å². The third-order valence-corrected chi connectivity index (χ3v) is 4.45. The Kier molecular flexibility index (Phi) is 5.33. The molecule has 0 bridgehead atoms. The van der Waals surface area contributed by atoms with Gasteiger partial charge in [0.2, 0.25) is 5.95 Å². The zero-order valence-corrected chi connectivity index (χ0v) is 14.8. The van der Waals surface area contributed by atoms with Gasteiger partial charge in [0.25, 0.3) is 0 Å². The lowest BCUT2D eigenvalue weighted by Gasteiger charge is -2.20. The summed E-state index contributed by atoms with van der Waals surface area (Å²) in [5, 5.41) is 24.9. The van der Waals surface area contributed by atoms with Gasteiger partial charge in [-0.2, -0.15) is 10.2 Å². The van der Waals surface area contributed by atoms with Crippen LogP contribution in [0.3, 0.4) is 0 Å². The molecule has 0 radical (unpaired) electrons. The van der Waals surface area contributed by atoms with Crippen LogP contribution in [0.15, 0.2) is 24.3 Å². The van der Waals surface area contributed by atoms with Crippen molar-refractivity contribution >= 4 is 17.5 Å². The molecule has 1 aliphatic carbocycles. The summed E-state index contributed by atoms with van der Waals surface area (Å²) < 4.78 is 13.8. The number of hydrogen-bond donors (Lipinski definition) is 3. The maximum Gasteiger partial charge on any atom is 0.225 e. The number of nitriles is 1. The molecule has 1 aliphatic rings. The lowest BCUT2D eigenvalue weighted by atomic mass is 10.1. The number of nitrogens with zero attached hydrogens (tertiary/aromatic N) is 3. The number of anilines is 3. The average Bonchev–Trinajstić information content (AvgIpc) is 3.44. The molecule has 26 heavy (non-hydrogen) atoms. The van der Waals surface area contributed by atoms with Gasteiger partial charge in [0, 0.05) is 12.0 Å². The highest BCUT2D eigenvalue weighted by Crippen LogP contribution is 2.40. The summed E-state index contributed by atoms with van der Waals surface area (Å²) in [5.41, 5.74) is 1.21. The van der Waals surface area contributed by atoms with Gasteiger partial charge < -0.3 is 15.7 Å². The van der Waals surface area contributed by atoms with Gasteiger partial charge in [-0.25, -0.2) is 9.37 Å². The van der Waals surface area contributed by atoms with Gasteiger partial charge in [-0.1, -0.05) is 19.9 Å². The van der Waals surface area contributed by atoms with Crippen molar-refractivity contribution < 1.29 is 9.50 Å². The highest BCUT2D eigenvalue weighted by molar-refractivity contribution is 5.65. The number of aliphatic hydroxyl groups is 1. The Morgan fingerprint density at radius 1 is 1.35 bits per heavy atom. The summed E-state index contributed by atoms with van der Waals surface area (Å²) in [6, 6.07) is 7.97. The second-order valence-corrected chi connectivity index (χ2v) is 6.85. The first kappa shape index (κ1) is 18.1. The predicted octanol–water partition coefficient (Wildman–Crippen LogP) is 3.54. The smallest absolute Gasteiger partial charge is 0.225 e. The normalized spacial score (nSPS) is 14.8. The molecule has 3 N–H and O–H groups in total. The van der Waals surface area contributed by atoms with Crippen molar-refractivity contribution in [3.05, 3.63) is 41.3 Å². The van der Waals surface area contributed by atoms with E-state index in [4.69, 9.17) is 0 Å². The second-order valence-electron chi connectivity index (χ2n) is 6.85. The standard InChI is InChI=1S/C19H22FN5O/c1-11(2)17(10-26)24-19-23-16(12-6-7-12)8-18(25-19)22-15-5-3-4-14(20)13(15)9-21/h3-5,8,11-12,17,26H,6-7,10H2,1-2H3,(H2,22,23,24,25)/t17-/m1/s1. The molecular weight excluding hydrogens is 333 g/mol. The lowest BCUT2D eigenvalue weighted by molar-refractivity contribution is 0.248. The fourth-order valence-corrected chi connectivity index (χ4v) is 2.65. The van der Waals surface area contributed by atoms with Gasteiger partial charge in [0.1, 0.15) is 23.3 Å². The van der Waals surface area contributed by atoms with Crippen LogP contribution in [0.4, 0.5) is 21.8 Å². The quantitative estimate of drug-likeness (QED) is 0.703. The minimum atomic E-state index is -0.576. The third kappa shape index (κ3) is 4.09. The maximum absolute atomic E-state index is 13.8. The molecule has 3 rings (SSSR count). The Morgan fingerprint density at radius 2 is 2.12 bits per heavy atom. The van der Waals surface area contributed by atoms with Crippen LogP contribution in [0.1, 0.15) is 43.9 Å². The topological polar surface area (TPSA) is 93.9 Å². The van der Waals surface area contributed by atoms with Crippen LogP contribution in [0.2, 0.25) is 0 Å². The number of aromatic nitrogens is 2. The van der Waals surface area contributed by atoms with Crippen LogP contribution in [0.5, 0.6) is 0 Å². The first-order chi connectivity index (χ1) is 12.5. The SMILES string of the molecule is CC(C)[C@@H](CO)Nc1nc(Nc2cccc(F)c2C#N)cc(C2CC2)n1. The molecule has 1 atom stereocenters. The number of benzene rings is 1. The Morgan fingerprint density at radius 3 is 2.73 bits per heavy atom. The number of rotatable bonds is 7. The summed E-state index contributed by atoms with van der Waals surface area (Å²) in [6.07, 6.45) is 2.15. The molecule has 136 valence electrons.